The molecule has 0 bridgehead atoms. The molecule has 0 saturated carbocycles. The summed E-state index contributed by atoms with van der Waals surface area (Å²) >= 11 is 0. The Morgan fingerprint density at radius 3 is 1.52 bits per heavy atom. The summed E-state index contributed by atoms with van der Waals surface area (Å²) in [4.78, 5) is 2.35. The quantitative estimate of drug-likeness (QED) is 0.172. The Kier molecular flexibility index (Phi) is 5.14. The predicted octanol–water partition coefficient (Wildman–Crippen LogP) is 9.92. The van der Waals surface area contributed by atoms with E-state index in [0.29, 0.717) is 0 Å². The molecule has 0 N–H and O–H groups in total. The monoisotopic (exact) mass is 591 g/mol. The molecule has 6 aromatic carbocycles. The minimum absolute atomic E-state index is 0.175. The zero-order chi connectivity index (χ0) is 30.0. The standard InChI is InChI=1S/C40H28F2NP/c1-39(2)31-7-3-5-9-37(31)43(38-10-6-4-8-32(38)39)25-13-17-29-27-15-11-23(41)19-33(27)40(35(29)21-25)34-20-24(42)12-16-28(34)30-18-14-26(44)22-36(30)40/h3-22H,44H2,1-2H3. The van der Waals surface area contributed by atoms with E-state index in [1.54, 1.807) is 12.1 Å². The highest BCUT2D eigenvalue weighted by atomic mass is 31.0. The highest BCUT2D eigenvalue weighted by Gasteiger charge is 2.52. The van der Waals surface area contributed by atoms with Crippen molar-refractivity contribution in [1.29, 1.82) is 0 Å². The van der Waals surface area contributed by atoms with Crippen LogP contribution < -0.4 is 10.2 Å². The van der Waals surface area contributed by atoms with Crippen LogP contribution in [-0.2, 0) is 10.8 Å². The van der Waals surface area contributed by atoms with Crippen molar-refractivity contribution in [2.24, 2.45) is 0 Å². The molecule has 212 valence electrons. The number of nitrogens with zero attached hydrogens (tertiary/aromatic N) is 1. The summed E-state index contributed by atoms with van der Waals surface area (Å²) in [6.07, 6.45) is 0. The van der Waals surface area contributed by atoms with E-state index >= 15 is 8.78 Å². The zero-order valence-corrected chi connectivity index (χ0v) is 25.5. The Morgan fingerprint density at radius 1 is 0.500 bits per heavy atom. The van der Waals surface area contributed by atoms with Gasteiger partial charge in [-0.1, -0.05) is 80.6 Å². The molecular weight excluding hydrogens is 563 g/mol. The van der Waals surface area contributed by atoms with E-state index in [-0.39, 0.29) is 17.0 Å². The van der Waals surface area contributed by atoms with Gasteiger partial charge in [-0.25, -0.2) is 8.78 Å². The first-order valence-electron chi connectivity index (χ1n) is 14.9. The molecule has 0 amide bonds. The molecule has 44 heavy (non-hydrogen) atoms. The first kappa shape index (κ1) is 25.9. The van der Waals surface area contributed by atoms with Crippen LogP contribution in [0, 0.1) is 11.6 Å². The van der Waals surface area contributed by atoms with Crippen LogP contribution in [0.1, 0.15) is 47.2 Å². The number of fused-ring (bicyclic) bond motifs is 12. The van der Waals surface area contributed by atoms with Gasteiger partial charge in [-0.15, -0.1) is 9.24 Å². The lowest BCUT2D eigenvalue weighted by Gasteiger charge is -2.42. The van der Waals surface area contributed by atoms with E-state index in [2.05, 4.69) is 113 Å². The molecule has 2 atom stereocenters. The molecule has 1 aliphatic heterocycles. The average Bonchev–Trinajstić information content (AvgIpc) is 3.46. The molecule has 1 spiro atoms. The van der Waals surface area contributed by atoms with Crippen molar-refractivity contribution in [2.75, 3.05) is 4.90 Å². The number of hydrogen-bond acceptors (Lipinski definition) is 1. The van der Waals surface area contributed by atoms with E-state index in [1.807, 2.05) is 12.1 Å². The van der Waals surface area contributed by atoms with E-state index in [9.17, 15) is 0 Å². The van der Waals surface area contributed by atoms with E-state index < -0.39 is 5.41 Å². The van der Waals surface area contributed by atoms with Crippen LogP contribution in [0.15, 0.2) is 121 Å². The maximum absolute atomic E-state index is 15.2. The molecule has 2 unspecified atom stereocenters. The van der Waals surface area contributed by atoms with Crippen LogP contribution in [0.5, 0.6) is 0 Å². The summed E-state index contributed by atoms with van der Waals surface area (Å²) < 4.78 is 30.4. The molecule has 6 aromatic rings. The Bertz CT molecular complexity index is 2090. The topological polar surface area (TPSA) is 3.24 Å². The molecule has 3 aliphatic rings. The summed E-state index contributed by atoms with van der Waals surface area (Å²) in [5.74, 6) is -0.601. The molecule has 1 heterocycles. The second kappa shape index (κ2) is 8.74. The molecular formula is C40H28F2NP. The molecule has 9 rings (SSSR count). The minimum atomic E-state index is -0.865. The molecule has 0 aromatic heterocycles. The average molecular weight is 592 g/mol. The molecule has 2 aliphatic carbocycles. The van der Waals surface area contributed by atoms with Gasteiger partial charge in [0.2, 0.25) is 0 Å². The normalized spacial score (nSPS) is 17.9. The molecule has 0 saturated heterocycles. The third-order valence-corrected chi connectivity index (χ3v) is 10.5. The third kappa shape index (κ3) is 3.15. The van der Waals surface area contributed by atoms with Crippen molar-refractivity contribution in [2.45, 2.75) is 24.7 Å². The SMILES string of the molecule is CC1(C)c2ccccc2N(c2ccc3c(c2)C2(c4cc(F)ccc4-c4ccc(P)cc42)c2cc(F)ccc2-3)c2ccccc21. The lowest BCUT2D eigenvalue weighted by Crippen LogP contribution is -2.31. The van der Waals surface area contributed by atoms with Gasteiger partial charge in [0.25, 0.3) is 0 Å². The van der Waals surface area contributed by atoms with Crippen LogP contribution in [0.3, 0.4) is 0 Å². The Balaban J connectivity index is 1.39. The van der Waals surface area contributed by atoms with Gasteiger partial charge in [0.1, 0.15) is 11.6 Å². The van der Waals surface area contributed by atoms with Crippen LogP contribution in [0.25, 0.3) is 22.3 Å². The van der Waals surface area contributed by atoms with Crippen LogP contribution >= 0.6 is 9.24 Å². The fraction of sp³-hybridized carbons (Fsp3) is 0.100. The highest BCUT2D eigenvalue weighted by molar-refractivity contribution is 7.27. The van der Waals surface area contributed by atoms with Crippen LogP contribution in [0.2, 0.25) is 0 Å². The summed E-state index contributed by atoms with van der Waals surface area (Å²) in [5.41, 5.74) is 12.6. The molecule has 1 nitrogen and oxygen atoms in total. The summed E-state index contributed by atoms with van der Waals surface area (Å²) in [7, 11) is 2.81. The Hall–Kier alpha value is -4.59. The van der Waals surface area contributed by atoms with E-state index in [4.69, 9.17) is 0 Å². The largest absolute Gasteiger partial charge is 0.310 e. The number of halogens is 2. The second-order valence-corrected chi connectivity index (χ2v) is 13.3. The van der Waals surface area contributed by atoms with Gasteiger partial charge < -0.3 is 4.90 Å². The van der Waals surface area contributed by atoms with Gasteiger partial charge in [-0.3, -0.25) is 0 Å². The van der Waals surface area contributed by atoms with Gasteiger partial charge in [0, 0.05) is 11.1 Å². The first-order chi connectivity index (χ1) is 21.3. The van der Waals surface area contributed by atoms with Crippen LogP contribution in [-0.4, -0.2) is 0 Å². The fourth-order valence-corrected chi connectivity index (χ4v) is 8.53. The zero-order valence-electron chi connectivity index (χ0n) is 24.3. The maximum atomic E-state index is 15.2. The van der Waals surface area contributed by atoms with Gasteiger partial charge in [0.05, 0.1) is 16.8 Å². The third-order valence-electron chi connectivity index (χ3n) is 10.1. The van der Waals surface area contributed by atoms with Crippen molar-refractivity contribution in [3.8, 4) is 22.3 Å². The van der Waals surface area contributed by atoms with Gasteiger partial charge >= 0.3 is 0 Å². The van der Waals surface area contributed by atoms with Gasteiger partial charge in [0.15, 0.2) is 0 Å². The second-order valence-electron chi connectivity index (χ2n) is 12.7. The summed E-state index contributed by atoms with van der Waals surface area (Å²) in [5, 5.41) is 1.03. The van der Waals surface area contributed by atoms with Crippen molar-refractivity contribution in [3.63, 3.8) is 0 Å². The van der Waals surface area contributed by atoms with Crippen molar-refractivity contribution >= 4 is 31.6 Å². The number of para-hydroxylation sites is 2. The van der Waals surface area contributed by atoms with Gasteiger partial charge in [-0.05, 0) is 116 Å². The first-order valence-corrected chi connectivity index (χ1v) is 15.5. The lowest BCUT2D eigenvalue weighted by molar-refractivity contribution is 0.617. The molecule has 0 fully saturated rings. The van der Waals surface area contributed by atoms with E-state index in [1.165, 1.54) is 23.3 Å². The Labute approximate surface area is 258 Å². The number of rotatable bonds is 1. The smallest absolute Gasteiger partial charge is 0.123 e. The number of hydrogen-bond donors (Lipinski definition) is 0. The highest BCUT2D eigenvalue weighted by Crippen LogP contribution is 2.64. The predicted molar refractivity (Wildman–Crippen MR) is 179 cm³/mol. The summed E-state index contributed by atoms with van der Waals surface area (Å²) in [6.45, 7) is 4.57. The van der Waals surface area contributed by atoms with Crippen molar-refractivity contribution in [3.05, 3.63) is 166 Å². The summed E-state index contributed by atoms with van der Waals surface area (Å²) in [6, 6.07) is 40.3. The number of anilines is 3. The molecule has 4 heteroatoms. The maximum Gasteiger partial charge on any atom is 0.123 e. The van der Waals surface area contributed by atoms with Crippen molar-refractivity contribution < 1.29 is 8.78 Å². The van der Waals surface area contributed by atoms with Gasteiger partial charge in [-0.2, -0.15) is 0 Å². The lowest BCUT2D eigenvalue weighted by atomic mass is 9.70. The van der Waals surface area contributed by atoms with Crippen molar-refractivity contribution in [1.82, 2.24) is 0 Å². The fourth-order valence-electron chi connectivity index (χ4n) is 8.26. The van der Waals surface area contributed by atoms with E-state index in [0.717, 1.165) is 66.9 Å². The molecule has 0 radical (unpaired) electrons. The number of benzene rings is 6. The van der Waals surface area contributed by atoms with Crippen LogP contribution in [0.4, 0.5) is 25.8 Å². The minimum Gasteiger partial charge on any atom is -0.310 e. The Morgan fingerprint density at radius 2 is 0.955 bits per heavy atom.